The van der Waals surface area contributed by atoms with Crippen LogP contribution in [0.2, 0.25) is 0 Å². The molecular formula is C14H17N3O4. The number of hydrogen-bond acceptors (Lipinski definition) is 4. The van der Waals surface area contributed by atoms with Crippen molar-refractivity contribution in [3.63, 3.8) is 0 Å². The van der Waals surface area contributed by atoms with Crippen LogP contribution in [0.3, 0.4) is 0 Å². The van der Waals surface area contributed by atoms with Gasteiger partial charge < -0.3 is 10.4 Å². The predicted octanol–water partition coefficient (Wildman–Crippen LogP) is 0.546. The van der Waals surface area contributed by atoms with E-state index < -0.39 is 12.0 Å². The van der Waals surface area contributed by atoms with Gasteiger partial charge in [-0.1, -0.05) is 6.07 Å². The molecule has 0 radical (unpaired) electrons. The molecule has 1 aromatic carbocycles. The summed E-state index contributed by atoms with van der Waals surface area (Å²) in [6.45, 7) is 1.81. The van der Waals surface area contributed by atoms with Gasteiger partial charge in [0.05, 0.1) is 5.56 Å². The Kier molecular flexibility index (Phi) is 4.54. The van der Waals surface area contributed by atoms with Gasteiger partial charge in [-0.05, 0) is 23.3 Å². The maximum atomic E-state index is 11.5. The molecule has 0 unspecified atom stereocenters. The third kappa shape index (κ3) is 3.79. The second kappa shape index (κ2) is 6.36. The smallest absolute Gasteiger partial charge is 0.335 e. The van der Waals surface area contributed by atoms with Crippen molar-refractivity contribution in [1.29, 1.82) is 0 Å². The largest absolute Gasteiger partial charge is 0.478 e. The van der Waals surface area contributed by atoms with Gasteiger partial charge in [0.1, 0.15) is 0 Å². The zero-order valence-corrected chi connectivity index (χ0v) is 11.7. The van der Waals surface area contributed by atoms with Crippen molar-refractivity contribution in [2.75, 3.05) is 13.6 Å². The van der Waals surface area contributed by atoms with Gasteiger partial charge in [-0.2, -0.15) is 0 Å². The molecule has 0 spiro atoms. The molecule has 0 atom stereocenters. The van der Waals surface area contributed by atoms with Gasteiger partial charge in [-0.25, -0.2) is 9.59 Å². The molecule has 0 fully saturated rings. The van der Waals surface area contributed by atoms with Gasteiger partial charge in [0.25, 0.3) is 0 Å². The fourth-order valence-electron chi connectivity index (χ4n) is 2.27. The first-order chi connectivity index (χ1) is 9.99. The SMILES string of the molecule is CNC(=O)NC(=O)CCN1Cc2ccc(C(=O)O)cc2C1. The van der Waals surface area contributed by atoms with Crippen molar-refractivity contribution in [3.05, 3.63) is 34.9 Å². The molecule has 1 aliphatic rings. The van der Waals surface area contributed by atoms with Crippen LogP contribution >= 0.6 is 0 Å². The number of carbonyl (C=O) groups is 3. The minimum absolute atomic E-state index is 0.215. The van der Waals surface area contributed by atoms with E-state index in [9.17, 15) is 14.4 Å². The third-order valence-electron chi connectivity index (χ3n) is 3.38. The molecule has 7 nitrogen and oxygen atoms in total. The summed E-state index contributed by atoms with van der Waals surface area (Å²) < 4.78 is 0. The highest BCUT2D eigenvalue weighted by Crippen LogP contribution is 2.23. The molecule has 7 heteroatoms. The molecular weight excluding hydrogens is 274 g/mol. The number of hydrogen-bond donors (Lipinski definition) is 3. The molecule has 2 rings (SSSR count). The van der Waals surface area contributed by atoms with E-state index >= 15 is 0 Å². The summed E-state index contributed by atoms with van der Waals surface area (Å²) in [5, 5.41) is 13.5. The van der Waals surface area contributed by atoms with E-state index in [2.05, 4.69) is 10.6 Å². The van der Waals surface area contributed by atoms with Crippen molar-refractivity contribution in [2.45, 2.75) is 19.5 Å². The maximum absolute atomic E-state index is 11.5. The fourth-order valence-corrected chi connectivity index (χ4v) is 2.27. The topological polar surface area (TPSA) is 98.7 Å². The minimum atomic E-state index is -0.943. The summed E-state index contributed by atoms with van der Waals surface area (Å²) in [5.41, 5.74) is 2.32. The van der Waals surface area contributed by atoms with Crippen LogP contribution in [-0.2, 0) is 17.9 Å². The summed E-state index contributed by atoms with van der Waals surface area (Å²) in [7, 11) is 1.44. The Bertz CT molecular complexity index is 586. The third-order valence-corrected chi connectivity index (χ3v) is 3.38. The van der Waals surface area contributed by atoms with E-state index in [-0.39, 0.29) is 17.9 Å². The van der Waals surface area contributed by atoms with Crippen molar-refractivity contribution in [1.82, 2.24) is 15.5 Å². The molecule has 3 amide bonds. The average Bonchev–Trinajstić information content (AvgIpc) is 2.86. The molecule has 1 aliphatic heterocycles. The Balaban J connectivity index is 1.87. The molecule has 0 bridgehead atoms. The lowest BCUT2D eigenvalue weighted by atomic mass is 10.1. The van der Waals surface area contributed by atoms with Crippen LogP contribution in [0, 0.1) is 0 Å². The van der Waals surface area contributed by atoms with Crippen LogP contribution < -0.4 is 10.6 Å². The second-order valence-electron chi connectivity index (χ2n) is 4.88. The number of carbonyl (C=O) groups excluding carboxylic acids is 2. The van der Waals surface area contributed by atoms with Crippen LogP contribution in [0.5, 0.6) is 0 Å². The summed E-state index contributed by atoms with van der Waals surface area (Å²) >= 11 is 0. The Hall–Kier alpha value is -2.41. The summed E-state index contributed by atoms with van der Waals surface area (Å²) in [4.78, 5) is 35.5. The molecule has 0 aliphatic carbocycles. The normalized spacial score (nSPS) is 13.6. The molecule has 3 N–H and O–H groups in total. The van der Waals surface area contributed by atoms with Crippen molar-refractivity contribution in [2.24, 2.45) is 0 Å². The van der Waals surface area contributed by atoms with Crippen LogP contribution in [0.1, 0.15) is 27.9 Å². The number of imide groups is 1. The van der Waals surface area contributed by atoms with Crippen LogP contribution in [0.15, 0.2) is 18.2 Å². The number of carboxylic acids is 1. The van der Waals surface area contributed by atoms with E-state index in [0.717, 1.165) is 11.1 Å². The zero-order chi connectivity index (χ0) is 15.4. The number of amides is 3. The first-order valence-corrected chi connectivity index (χ1v) is 6.58. The van der Waals surface area contributed by atoms with Gasteiger partial charge >= 0.3 is 12.0 Å². The molecule has 1 heterocycles. The number of nitrogens with zero attached hydrogens (tertiary/aromatic N) is 1. The first kappa shape index (κ1) is 15.0. The number of nitrogens with one attached hydrogen (secondary N) is 2. The van der Waals surface area contributed by atoms with E-state index in [4.69, 9.17) is 5.11 Å². The molecule has 0 aromatic heterocycles. The Morgan fingerprint density at radius 3 is 2.62 bits per heavy atom. The summed E-state index contributed by atoms with van der Waals surface area (Å²) in [5.74, 6) is -1.28. The van der Waals surface area contributed by atoms with Crippen molar-refractivity contribution < 1.29 is 19.5 Å². The zero-order valence-electron chi connectivity index (χ0n) is 11.7. The highest BCUT2D eigenvalue weighted by atomic mass is 16.4. The lowest BCUT2D eigenvalue weighted by Gasteiger charge is -2.13. The predicted molar refractivity (Wildman–Crippen MR) is 74.7 cm³/mol. The number of urea groups is 1. The van der Waals surface area contributed by atoms with Gasteiger partial charge in [0.2, 0.25) is 5.91 Å². The highest BCUT2D eigenvalue weighted by molar-refractivity contribution is 5.94. The van der Waals surface area contributed by atoms with Crippen molar-refractivity contribution >= 4 is 17.9 Å². The van der Waals surface area contributed by atoms with E-state index in [1.165, 1.54) is 7.05 Å². The number of carboxylic acid groups (broad SMARTS) is 1. The maximum Gasteiger partial charge on any atom is 0.335 e. The summed E-state index contributed by atoms with van der Waals surface area (Å²) in [6, 6.07) is 4.55. The van der Waals surface area contributed by atoms with Crippen LogP contribution in [0.25, 0.3) is 0 Å². The van der Waals surface area contributed by atoms with E-state index in [1.807, 2.05) is 11.0 Å². The first-order valence-electron chi connectivity index (χ1n) is 6.58. The monoisotopic (exact) mass is 291 g/mol. The standard InChI is InChI=1S/C14H17N3O4/c1-15-14(21)16-12(18)4-5-17-7-10-3-2-9(13(19)20)6-11(10)8-17/h2-3,6H,4-5,7-8H2,1H3,(H,19,20)(H2,15,16,18,21). The molecule has 1 aromatic rings. The van der Waals surface area contributed by atoms with E-state index in [1.54, 1.807) is 12.1 Å². The molecule has 21 heavy (non-hydrogen) atoms. The lowest BCUT2D eigenvalue weighted by molar-refractivity contribution is -0.120. The summed E-state index contributed by atoms with van der Waals surface area (Å²) in [6.07, 6.45) is 0.215. The molecule has 112 valence electrons. The van der Waals surface area contributed by atoms with Gasteiger partial charge in [0.15, 0.2) is 0 Å². The number of fused-ring (bicyclic) bond motifs is 1. The number of benzene rings is 1. The Morgan fingerprint density at radius 1 is 1.24 bits per heavy atom. The quantitative estimate of drug-likeness (QED) is 0.752. The highest BCUT2D eigenvalue weighted by Gasteiger charge is 2.20. The fraction of sp³-hybridized carbons (Fsp3) is 0.357. The molecule has 0 saturated carbocycles. The van der Waals surface area contributed by atoms with E-state index in [0.29, 0.717) is 19.6 Å². The van der Waals surface area contributed by atoms with Gasteiger partial charge in [-0.15, -0.1) is 0 Å². The van der Waals surface area contributed by atoms with Crippen molar-refractivity contribution in [3.8, 4) is 0 Å². The Morgan fingerprint density at radius 2 is 1.95 bits per heavy atom. The van der Waals surface area contributed by atoms with Gasteiger partial charge in [-0.3, -0.25) is 15.0 Å². The number of rotatable bonds is 4. The average molecular weight is 291 g/mol. The van der Waals surface area contributed by atoms with Crippen LogP contribution in [0.4, 0.5) is 4.79 Å². The Labute approximate surface area is 121 Å². The van der Waals surface area contributed by atoms with Gasteiger partial charge in [0, 0.05) is 33.1 Å². The minimum Gasteiger partial charge on any atom is -0.478 e. The van der Waals surface area contributed by atoms with Crippen LogP contribution in [-0.4, -0.2) is 41.5 Å². The molecule has 0 saturated heterocycles. The lowest BCUT2D eigenvalue weighted by Crippen LogP contribution is -2.38. The number of aromatic carboxylic acids is 1. The second-order valence-corrected chi connectivity index (χ2v) is 4.88.